The van der Waals surface area contributed by atoms with Gasteiger partial charge in [-0.3, -0.25) is 9.78 Å². The summed E-state index contributed by atoms with van der Waals surface area (Å²) in [5.74, 6) is -0.170. The maximum absolute atomic E-state index is 13.3. The second kappa shape index (κ2) is 10.2. The number of hydrogen-bond donors (Lipinski definition) is 1. The van der Waals surface area contributed by atoms with E-state index in [0.29, 0.717) is 23.5 Å². The van der Waals surface area contributed by atoms with Crippen LogP contribution >= 0.6 is 0 Å². The van der Waals surface area contributed by atoms with Gasteiger partial charge in [-0.1, -0.05) is 18.2 Å². The SMILES string of the molecule is CCOc1ccc(S(=O)(=O)C(CNC(=O)Cc2ccc(F)cc2)c2cccnc2)cc1. The summed E-state index contributed by atoms with van der Waals surface area (Å²) >= 11 is 0. The van der Waals surface area contributed by atoms with Gasteiger partial charge in [-0.25, -0.2) is 12.8 Å². The molecule has 2 aromatic carbocycles. The first-order valence-electron chi connectivity index (χ1n) is 9.78. The summed E-state index contributed by atoms with van der Waals surface area (Å²) in [5, 5.41) is 1.67. The topological polar surface area (TPSA) is 85.4 Å². The third-order valence-corrected chi connectivity index (χ3v) is 6.77. The van der Waals surface area contributed by atoms with Crippen LogP contribution in [0.1, 0.15) is 23.3 Å². The van der Waals surface area contributed by atoms with Crippen LogP contribution < -0.4 is 10.1 Å². The molecule has 0 bridgehead atoms. The molecule has 0 aliphatic rings. The van der Waals surface area contributed by atoms with Crippen LogP contribution in [0, 0.1) is 5.82 Å². The van der Waals surface area contributed by atoms with E-state index in [1.165, 1.54) is 42.6 Å². The minimum absolute atomic E-state index is 0.0170. The van der Waals surface area contributed by atoms with Crippen LogP contribution in [0.25, 0.3) is 0 Å². The number of nitrogens with one attached hydrogen (secondary N) is 1. The zero-order valence-electron chi connectivity index (χ0n) is 17.0. The van der Waals surface area contributed by atoms with Gasteiger partial charge in [0.15, 0.2) is 9.84 Å². The highest BCUT2D eigenvalue weighted by Crippen LogP contribution is 2.29. The van der Waals surface area contributed by atoms with Crippen molar-refractivity contribution in [3.05, 3.63) is 90.0 Å². The molecule has 1 heterocycles. The van der Waals surface area contributed by atoms with E-state index in [4.69, 9.17) is 4.74 Å². The maximum atomic E-state index is 13.3. The van der Waals surface area contributed by atoms with Crippen LogP contribution in [0.4, 0.5) is 4.39 Å². The Balaban J connectivity index is 1.79. The molecule has 8 heteroatoms. The molecule has 1 amide bonds. The van der Waals surface area contributed by atoms with Gasteiger partial charge < -0.3 is 10.1 Å². The largest absolute Gasteiger partial charge is 0.494 e. The lowest BCUT2D eigenvalue weighted by Gasteiger charge is -2.19. The van der Waals surface area contributed by atoms with Crippen molar-refractivity contribution in [1.82, 2.24) is 10.3 Å². The van der Waals surface area contributed by atoms with E-state index in [0.717, 1.165) is 0 Å². The van der Waals surface area contributed by atoms with Gasteiger partial charge in [0.25, 0.3) is 0 Å². The third kappa shape index (κ3) is 5.88. The Kier molecular flexibility index (Phi) is 7.36. The molecule has 1 aromatic heterocycles. The molecule has 3 rings (SSSR count). The van der Waals surface area contributed by atoms with Crippen molar-refractivity contribution in [2.24, 2.45) is 0 Å². The average molecular weight is 443 g/mol. The maximum Gasteiger partial charge on any atom is 0.224 e. The van der Waals surface area contributed by atoms with E-state index in [1.807, 2.05) is 6.92 Å². The van der Waals surface area contributed by atoms with Gasteiger partial charge in [0, 0.05) is 18.9 Å². The molecule has 162 valence electrons. The number of pyridine rings is 1. The fourth-order valence-corrected chi connectivity index (χ4v) is 4.73. The van der Waals surface area contributed by atoms with Crippen molar-refractivity contribution in [3.8, 4) is 5.75 Å². The van der Waals surface area contributed by atoms with Crippen molar-refractivity contribution >= 4 is 15.7 Å². The number of aromatic nitrogens is 1. The fourth-order valence-electron chi connectivity index (χ4n) is 3.09. The Bertz CT molecular complexity index is 1100. The molecule has 1 N–H and O–H groups in total. The van der Waals surface area contributed by atoms with E-state index in [1.54, 1.807) is 30.5 Å². The van der Waals surface area contributed by atoms with E-state index in [2.05, 4.69) is 10.3 Å². The number of rotatable bonds is 9. The lowest BCUT2D eigenvalue weighted by atomic mass is 10.1. The molecular formula is C23H23FN2O4S. The molecule has 0 saturated carbocycles. The highest BCUT2D eigenvalue weighted by Gasteiger charge is 2.30. The average Bonchev–Trinajstić information content (AvgIpc) is 2.77. The fraction of sp³-hybridized carbons (Fsp3) is 0.217. The molecular weight excluding hydrogens is 419 g/mol. The van der Waals surface area contributed by atoms with Crippen molar-refractivity contribution in [2.75, 3.05) is 13.2 Å². The number of sulfone groups is 1. The second-order valence-corrected chi connectivity index (χ2v) is 8.96. The van der Waals surface area contributed by atoms with Crippen LogP contribution in [0.15, 0.2) is 78.0 Å². The van der Waals surface area contributed by atoms with Gasteiger partial charge >= 0.3 is 0 Å². The van der Waals surface area contributed by atoms with Crippen molar-refractivity contribution < 1.29 is 22.3 Å². The molecule has 0 fully saturated rings. The number of amides is 1. The standard InChI is InChI=1S/C23H23FN2O4S/c1-2-30-20-9-11-21(12-10-20)31(28,29)22(18-4-3-13-25-15-18)16-26-23(27)14-17-5-7-19(24)8-6-17/h3-13,15,22H,2,14,16H2,1H3,(H,26,27). The zero-order valence-corrected chi connectivity index (χ0v) is 17.8. The van der Waals surface area contributed by atoms with Crippen molar-refractivity contribution in [1.29, 1.82) is 0 Å². The number of halogens is 1. The molecule has 1 atom stereocenters. The van der Waals surface area contributed by atoms with E-state index < -0.39 is 15.1 Å². The molecule has 0 radical (unpaired) electrons. The summed E-state index contributed by atoms with van der Waals surface area (Å²) in [5.41, 5.74) is 1.10. The van der Waals surface area contributed by atoms with Crippen molar-refractivity contribution in [3.63, 3.8) is 0 Å². The van der Waals surface area contributed by atoms with Crippen LogP contribution in [-0.2, 0) is 21.1 Å². The minimum Gasteiger partial charge on any atom is -0.494 e. The highest BCUT2D eigenvalue weighted by molar-refractivity contribution is 7.91. The van der Waals surface area contributed by atoms with Gasteiger partial charge in [-0.15, -0.1) is 0 Å². The summed E-state index contributed by atoms with van der Waals surface area (Å²) in [4.78, 5) is 16.5. The number of ether oxygens (including phenoxy) is 1. The smallest absolute Gasteiger partial charge is 0.224 e. The van der Waals surface area contributed by atoms with Gasteiger partial charge in [0.2, 0.25) is 5.91 Å². The van der Waals surface area contributed by atoms with Gasteiger partial charge in [0.05, 0.1) is 17.9 Å². The van der Waals surface area contributed by atoms with E-state index in [9.17, 15) is 17.6 Å². The predicted octanol–water partition coefficient (Wildman–Crippen LogP) is 3.49. The number of benzene rings is 2. The Morgan fingerprint density at radius 2 is 1.81 bits per heavy atom. The van der Waals surface area contributed by atoms with Crippen molar-refractivity contribution in [2.45, 2.75) is 23.5 Å². The van der Waals surface area contributed by atoms with Gasteiger partial charge in [0.1, 0.15) is 16.8 Å². The molecule has 6 nitrogen and oxygen atoms in total. The first kappa shape index (κ1) is 22.4. The summed E-state index contributed by atoms with van der Waals surface area (Å²) in [6.07, 6.45) is 3.04. The van der Waals surface area contributed by atoms with E-state index in [-0.39, 0.29) is 29.6 Å². The summed E-state index contributed by atoms with van der Waals surface area (Å²) in [7, 11) is -3.82. The number of hydrogen-bond acceptors (Lipinski definition) is 5. The normalized spacial score (nSPS) is 12.2. The second-order valence-electron chi connectivity index (χ2n) is 6.83. The predicted molar refractivity (Wildman–Crippen MR) is 115 cm³/mol. The molecule has 1 unspecified atom stereocenters. The monoisotopic (exact) mass is 442 g/mol. The molecule has 0 spiro atoms. The molecule has 0 saturated heterocycles. The summed E-state index contributed by atoms with van der Waals surface area (Å²) < 4.78 is 45.1. The van der Waals surface area contributed by atoms with Crippen LogP contribution in [0.3, 0.4) is 0 Å². The Morgan fingerprint density at radius 3 is 2.42 bits per heavy atom. The summed E-state index contributed by atoms with van der Waals surface area (Å²) in [6, 6.07) is 15.1. The Hall–Kier alpha value is -3.26. The first-order valence-corrected chi connectivity index (χ1v) is 11.3. The van der Waals surface area contributed by atoms with Crippen LogP contribution in [-0.4, -0.2) is 32.5 Å². The highest BCUT2D eigenvalue weighted by atomic mass is 32.2. The van der Waals surface area contributed by atoms with Crippen LogP contribution in [0.5, 0.6) is 5.75 Å². The Labute approximate surface area is 181 Å². The van der Waals surface area contributed by atoms with Crippen LogP contribution in [0.2, 0.25) is 0 Å². The zero-order chi connectivity index (χ0) is 22.3. The number of carbonyl (C=O) groups excluding carboxylic acids is 1. The third-order valence-electron chi connectivity index (χ3n) is 4.66. The van der Waals surface area contributed by atoms with Gasteiger partial charge in [-0.2, -0.15) is 0 Å². The lowest BCUT2D eigenvalue weighted by molar-refractivity contribution is -0.120. The van der Waals surface area contributed by atoms with Gasteiger partial charge in [-0.05, 0) is 60.5 Å². The molecule has 3 aromatic rings. The molecule has 0 aliphatic heterocycles. The molecule has 0 aliphatic carbocycles. The Morgan fingerprint density at radius 1 is 1.10 bits per heavy atom. The van der Waals surface area contributed by atoms with E-state index >= 15 is 0 Å². The quantitative estimate of drug-likeness (QED) is 0.548. The first-order chi connectivity index (χ1) is 14.9. The minimum atomic E-state index is -3.82. The number of nitrogens with zero attached hydrogens (tertiary/aromatic N) is 1. The lowest BCUT2D eigenvalue weighted by Crippen LogP contribution is -2.33. The summed E-state index contributed by atoms with van der Waals surface area (Å²) in [6.45, 7) is 2.20. The molecule has 31 heavy (non-hydrogen) atoms. The number of carbonyl (C=O) groups is 1.